The normalized spacial score (nSPS) is 21.5. The van der Waals surface area contributed by atoms with Crippen LogP contribution in [0.15, 0.2) is 36.4 Å². The van der Waals surface area contributed by atoms with Crippen LogP contribution < -0.4 is 0 Å². The molecule has 6 nitrogen and oxygen atoms in total. The lowest BCUT2D eigenvalue weighted by Crippen LogP contribution is -2.35. The number of methoxy groups -OCH3 is 2. The fourth-order valence-corrected chi connectivity index (χ4v) is 2.44. The summed E-state index contributed by atoms with van der Waals surface area (Å²) in [7, 11) is 2.70. The first kappa shape index (κ1) is 17.2. The molecule has 2 rings (SSSR count). The van der Waals surface area contributed by atoms with Crippen LogP contribution in [0.4, 0.5) is 0 Å². The van der Waals surface area contributed by atoms with Crippen LogP contribution in [-0.4, -0.2) is 50.4 Å². The van der Waals surface area contributed by atoms with E-state index in [1.165, 1.54) is 14.2 Å². The van der Waals surface area contributed by atoms with Gasteiger partial charge in [0.15, 0.2) is 0 Å². The fourth-order valence-electron chi connectivity index (χ4n) is 2.44. The first-order valence-corrected chi connectivity index (χ1v) is 7.43. The van der Waals surface area contributed by atoms with E-state index in [0.717, 1.165) is 5.56 Å². The third-order valence-electron chi connectivity index (χ3n) is 3.72. The number of nitrogens with zero attached hydrogens (tertiary/aromatic N) is 1. The van der Waals surface area contributed by atoms with Crippen molar-refractivity contribution in [3.05, 3.63) is 42.0 Å². The maximum Gasteiger partial charge on any atom is 0.313 e. The number of hydrogen-bond acceptors (Lipinski definition) is 6. The van der Waals surface area contributed by atoms with Gasteiger partial charge in [-0.3, -0.25) is 14.4 Å². The van der Waals surface area contributed by atoms with Crippen molar-refractivity contribution in [3.8, 4) is 0 Å². The number of esters is 2. The number of benzene rings is 1. The summed E-state index contributed by atoms with van der Waals surface area (Å²) in [5.74, 6) is -1.06. The molecule has 23 heavy (non-hydrogen) atoms. The van der Waals surface area contributed by atoms with Gasteiger partial charge >= 0.3 is 11.9 Å². The van der Waals surface area contributed by atoms with Crippen molar-refractivity contribution in [3.63, 3.8) is 0 Å². The second-order valence-electron chi connectivity index (χ2n) is 5.15. The molecule has 0 unspecified atom stereocenters. The van der Waals surface area contributed by atoms with Crippen LogP contribution in [0, 0.1) is 5.92 Å². The molecule has 0 saturated carbocycles. The minimum Gasteiger partial charge on any atom is -0.469 e. The van der Waals surface area contributed by atoms with Gasteiger partial charge in [0.05, 0.1) is 33.3 Å². The molecule has 0 spiro atoms. The molecular weight excluding hydrogens is 298 g/mol. The molecule has 1 aliphatic rings. The summed E-state index contributed by atoms with van der Waals surface area (Å²) in [4.78, 5) is 28.8. The highest BCUT2D eigenvalue weighted by Crippen LogP contribution is 2.25. The summed E-state index contributed by atoms with van der Waals surface area (Å²) in [6, 6.07) is 9.48. The highest BCUT2D eigenvalue weighted by Gasteiger charge is 2.39. The number of carbonyl (C=O) groups excluding carboxylic acids is 2. The van der Waals surface area contributed by atoms with Gasteiger partial charge in [0, 0.05) is 6.54 Å². The van der Waals surface area contributed by atoms with Crippen LogP contribution in [0.1, 0.15) is 12.0 Å². The maximum absolute atomic E-state index is 11.9. The zero-order valence-corrected chi connectivity index (χ0v) is 13.3. The smallest absolute Gasteiger partial charge is 0.313 e. The molecule has 0 aliphatic carbocycles. The van der Waals surface area contributed by atoms with E-state index in [1.807, 2.05) is 42.5 Å². The largest absolute Gasteiger partial charge is 0.469 e. The van der Waals surface area contributed by atoms with Crippen molar-refractivity contribution in [1.82, 2.24) is 5.06 Å². The standard InChI is InChI=1S/C17H21NO5/c1-21-16(19)10-11-18-15(14(12-23-18)17(20)22-2)9-8-13-6-4-3-5-7-13/h3-9,14-15H,10-12H2,1-2H3/b9-8+/t14-,15+/m1/s1. The Morgan fingerprint density at radius 2 is 2.00 bits per heavy atom. The van der Waals surface area contributed by atoms with Crippen LogP contribution in [0.3, 0.4) is 0 Å². The summed E-state index contributed by atoms with van der Waals surface area (Å²) in [5, 5.41) is 1.64. The van der Waals surface area contributed by atoms with E-state index in [9.17, 15) is 9.59 Å². The number of hydrogen-bond donors (Lipinski definition) is 0. The number of ether oxygens (including phenoxy) is 2. The molecule has 1 heterocycles. The number of rotatable bonds is 6. The van der Waals surface area contributed by atoms with Crippen molar-refractivity contribution in [2.24, 2.45) is 5.92 Å². The van der Waals surface area contributed by atoms with Gasteiger partial charge in [0.2, 0.25) is 0 Å². The molecule has 2 atom stereocenters. The molecular formula is C17H21NO5. The van der Waals surface area contributed by atoms with E-state index in [-0.39, 0.29) is 31.0 Å². The molecule has 0 N–H and O–H groups in total. The van der Waals surface area contributed by atoms with Crippen LogP contribution in [0.2, 0.25) is 0 Å². The lowest BCUT2D eigenvalue weighted by Gasteiger charge is -2.21. The van der Waals surface area contributed by atoms with E-state index in [0.29, 0.717) is 6.54 Å². The Balaban J connectivity index is 2.10. The van der Waals surface area contributed by atoms with Gasteiger partial charge in [-0.05, 0) is 5.56 Å². The molecule has 1 saturated heterocycles. The molecule has 124 valence electrons. The summed E-state index contributed by atoms with van der Waals surface area (Å²) < 4.78 is 9.48. The molecule has 0 amide bonds. The Labute approximate surface area is 135 Å². The van der Waals surface area contributed by atoms with Gasteiger partial charge in [-0.25, -0.2) is 0 Å². The molecule has 0 radical (unpaired) electrons. The quantitative estimate of drug-likeness (QED) is 0.743. The third-order valence-corrected chi connectivity index (χ3v) is 3.72. The fraction of sp³-hybridized carbons (Fsp3) is 0.412. The summed E-state index contributed by atoms with van der Waals surface area (Å²) in [5.41, 5.74) is 1.02. The predicted octanol–water partition coefficient (Wildman–Crippen LogP) is 1.67. The van der Waals surface area contributed by atoms with Crippen LogP contribution in [0.25, 0.3) is 6.08 Å². The lowest BCUT2D eigenvalue weighted by molar-refractivity contribution is -0.149. The highest BCUT2D eigenvalue weighted by molar-refractivity contribution is 5.74. The van der Waals surface area contributed by atoms with Crippen molar-refractivity contribution >= 4 is 18.0 Å². The molecule has 6 heteroatoms. The number of hydroxylamine groups is 2. The Kier molecular flexibility index (Phi) is 6.31. The van der Waals surface area contributed by atoms with Gasteiger partial charge < -0.3 is 9.47 Å². The average Bonchev–Trinajstić information content (AvgIpc) is 3.00. The molecule has 1 aliphatic heterocycles. The Bertz CT molecular complexity index is 557. The Hall–Kier alpha value is -2.18. The van der Waals surface area contributed by atoms with Gasteiger partial charge in [-0.1, -0.05) is 42.5 Å². The maximum atomic E-state index is 11.9. The number of carbonyl (C=O) groups is 2. The highest BCUT2D eigenvalue weighted by atomic mass is 16.7. The van der Waals surface area contributed by atoms with E-state index >= 15 is 0 Å². The first-order valence-electron chi connectivity index (χ1n) is 7.43. The van der Waals surface area contributed by atoms with E-state index in [2.05, 4.69) is 4.74 Å². The summed E-state index contributed by atoms with van der Waals surface area (Å²) >= 11 is 0. The SMILES string of the molecule is COC(=O)CCN1OC[C@@H](C(=O)OC)[C@@H]1/C=C/c1ccccc1. The monoisotopic (exact) mass is 319 g/mol. The zero-order valence-electron chi connectivity index (χ0n) is 13.3. The van der Waals surface area contributed by atoms with Gasteiger partial charge in [-0.15, -0.1) is 0 Å². The van der Waals surface area contributed by atoms with Crippen molar-refractivity contribution in [1.29, 1.82) is 0 Å². The van der Waals surface area contributed by atoms with Crippen LogP contribution in [0.5, 0.6) is 0 Å². The van der Waals surface area contributed by atoms with Crippen molar-refractivity contribution in [2.45, 2.75) is 12.5 Å². The Morgan fingerprint density at radius 1 is 1.26 bits per heavy atom. The minimum atomic E-state index is -0.419. The summed E-state index contributed by atoms with van der Waals surface area (Å²) in [6.45, 7) is 0.585. The molecule has 0 aromatic heterocycles. The second kappa shape index (κ2) is 8.45. The van der Waals surface area contributed by atoms with Crippen LogP contribution in [-0.2, 0) is 23.9 Å². The average molecular weight is 319 g/mol. The zero-order chi connectivity index (χ0) is 16.7. The van der Waals surface area contributed by atoms with E-state index in [1.54, 1.807) is 5.06 Å². The molecule has 1 aromatic carbocycles. The van der Waals surface area contributed by atoms with Gasteiger partial charge in [0.1, 0.15) is 5.92 Å². The summed E-state index contributed by atoms with van der Waals surface area (Å²) in [6.07, 6.45) is 4.03. The minimum absolute atomic E-state index is 0.195. The van der Waals surface area contributed by atoms with Crippen molar-refractivity contribution in [2.75, 3.05) is 27.4 Å². The predicted molar refractivity (Wildman–Crippen MR) is 84.1 cm³/mol. The second-order valence-corrected chi connectivity index (χ2v) is 5.15. The topological polar surface area (TPSA) is 65.1 Å². The van der Waals surface area contributed by atoms with Gasteiger partial charge in [-0.2, -0.15) is 5.06 Å². The molecule has 0 bridgehead atoms. The van der Waals surface area contributed by atoms with Gasteiger partial charge in [0.25, 0.3) is 0 Å². The van der Waals surface area contributed by atoms with Crippen LogP contribution >= 0.6 is 0 Å². The molecule has 1 fully saturated rings. The van der Waals surface area contributed by atoms with E-state index in [4.69, 9.17) is 9.57 Å². The third kappa shape index (κ3) is 4.64. The van der Waals surface area contributed by atoms with E-state index < -0.39 is 5.92 Å². The molecule has 1 aromatic rings. The lowest BCUT2D eigenvalue weighted by atomic mass is 10.00. The van der Waals surface area contributed by atoms with Crippen molar-refractivity contribution < 1.29 is 23.9 Å². The first-order chi connectivity index (χ1) is 11.2. The Morgan fingerprint density at radius 3 is 2.65 bits per heavy atom.